The molecule has 3 aromatic rings. The molecule has 1 heterocycles. The van der Waals surface area contributed by atoms with Crippen molar-refractivity contribution in [3.63, 3.8) is 0 Å². The number of rotatable bonds is 9. The third kappa shape index (κ3) is 5.12. The molecule has 0 saturated carbocycles. The Morgan fingerprint density at radius 3 is 1.92 bits per heavy atom. The molecule has 8 nitrogen and oxygen atoms in total. The standard InChI is InChI=1S/C28H31NO7/c1-31-20-6-8-21(9-7-20)36-17-25-24-16-27(35-5)26(34-4)14-18(24)10-11-29(25)28(30)19-12-22(32-2)15-23(13-19)33-3/h6-9,12-16,25H,10-11,17H2,1-5H3/t25-/m0/s1. The number of hydrogen-bond donors (Lipinski definition) is 0. The van der Waals surface area contributed by atoms with Crippen molar-refractivity contribution in [2.24, 2.45) is 0 Å². The van der Waals surface area contributed by atoms with Crippen molar-refractivity contribution in [2.45, 2.75) is 12.5 Å². The maximum Gasteiger partial charge on any atom is 0.254 e. The summed E-state index contributed by atoms with van der Waals surface area (Å²) in [6.07, 6.45) is 0.668. The van der Waals surface area contributed by atoms with Crippen LogP contribution in [-0.2, 0) is 6.42 Å². The van der Waals surface area contributed by atoms with Gasteiger partial charge in [-0.05, 0) is 66.1 Å². The second kappa shape index (κ2) is 11.1. The second-order valence-corrected chi connectivity index (χ2v) is 8.26. The van der Waals surface area contributed by atoms with E-state index in [0.717, 1.165) is 16.9 Å². The van der Waals surface area contributed by atoms with E-state index in [2.05, 4.69) is 0 Å². The van der Waals surface area contributed by atoms with Crippen molar-refractivity contribution in [3.05, 3.63) is 71.3 Å². The van der Waals surface area contributed by atoms with Crippen LogP contribution >= 0.6 is 0 Å². The Labute approximate surface area is 211 Å². The van der Waals surface area contributed by atoms with Gasteiger partial charge in [0, 0.05) is 18.2 Å². The van der Waals surface area contributed by atoms with Crippen LogP contribution in [0.25, 0.3) is 0 Å². The number of hydrogen-bond acceptors (Lipinski definition) is 7. The summed E-state index contributed by atoms with van der Waals surface area (Å²) in [4.78, 5) is 15.6. The van der Waals surface area contributed by atoms with Gasteiger partial charge >= 0.3 is 0 Å². The molecule has 0 spiro atoms. The first-order chi connectivity index (χ1) is 17.5. The first-order valence-electron chi connectivity index (χ1n) is 11.6. The van der Waals surface area contributed by atoms with Gasteiger partial charge in [0.05, 0.1) is 41.6 Å². The molecule has 0 radical (unpaired) electrons. The molecule has 36 heavy (non-hydrogen) atoms. The molecular formula is C28H31NO7. The molecule has 0 saturated heterocycles. The van der Waals surface area contributed by atoms with Gasteiger partial charge < -0.3 is 33.3 Å². The molecule has 1 atom stereocenters. The number of amides is 1. The van der Waals surface area contributed by atoms with Gasteiger partial charge in [0.25, 0.3) is 5.91 Å². The Morgan fingerprint density at radius 1 is 0.750 bits per heavy atom. The summed E-state index contributed by atoms with van der Waals surface area (Å²) < 4.78 is 33.2. The maximum atomic E-state index is 13.8. The van der Waals surface area contributed by atoms with Crippen LogP contribution in [0.2, 0.25) is 0 Å². The van der Waals surface area contributed by atoms with E-state index in [4.69, 9.17) is 28.4 Å². The highest BCUT2D eigenvalue weighted by atomic mass is 16.5. The summed E-state index contributed by atoms with van der Waals surface area (Å²) in [6.45, 7) is 0.763. The lowest BCUT2D eigenvalue weighted by atomic mass is 9.91. The minimum atomic E-state index is -0.361. The molecule has 8 heteroatoms. The fourth-order valence-electron chi connectivity index (χ4n) is 4.39. The van der Waals surface area contributed by atoms with Crippen molar-refractivity contribution in [1.82, 2.24) is 4.90 Å². The molecule has 1 amide bonds. The first kappa shape index (κ1) is 25.0. The largest absolute Gasteiger partial charge is 0.497 e. The third-order valence-electron chi connectivity index (χ3n) is 6.33. The lowest BCUT2D eigenvalue weighted by Gasteiger charge is -2.37. The Hall–Kier alpha value is -4.07. The van der Waals surface area contributed by atoms with E-state index in [1.807, 2.05) is 41.3 Å². The monoisotopic (exact) mass is 493 g/mol. The number of ether oxygens (including phenoxy) is 6. The molecule has 3 aromatic carbocycles. The van der Waals surface area contributed by atoms with Gasteiger partial charge in [-0.1, -0.05) is 0 Å². The highest BCUT2D eigenvalue weighted by molar-refractivity contribution is 5.95. The van der Waals surface area contributed by atoms with E-state index >= 15 is 0 Å². The zero-order valence-corrected chi connectivity index (χ0v) is 21.2. The van der Waals surface area contributed by atoms with E-state index in [9.17, 15) is 4.79 Å². The molecule has 1 aliphatic rings. The summed E-state index contributed by atoms with van der Waals surface area (Å²) in [5.41, 5.74) is 2.52. The Balaban J connectivity index is 1.71. The van der Waals surface area contributed by atoms with E-state index in [-0.39, 0.29) is 18.6 Å². The van der Waals surface area contributed by atoms with Crippen molar-refractivity contribution in [2.75, 3.05) is 48.7 Å². The molecule has 1 aliphatic heterocycles. The summed E-state index contributed by atoms with van der Waals surface area (Å²) in [5.74, 6) is 3.63. The minimum absolute atomic E-state index is 0.143. The van der Waals surface area contributed by atoms with Gasteiger partial charge in [-0.25, -0.2) is 0 Å². The average molecular weight is 494 g/mol. The van der Waals surface area contributed by atoms with E-state index in [0.29, 0.717) is 47.3 Å². The quantitative estimate of drug-likeness (QED) is 0.433. The molecule has 0 N–H and O–H groups in total. The van der Waals surface area contributed by atoms with Crippen LogP contribution < -0.4 is 28.4 Å². The zero-order valence-electron chi connectivity index (χ0n) is 21.2. The van der Waals surface area contributed by atoms with Crippen LogP contribution in [0.15, 0.2) is 54.6 Å². The van der Waals surface area contributed by atoms with Gasteiger partial charge in [-0.3, -0.25) is 4.79 Å². The van der Waals surface area contributed by atoms with Crippen LogP contribution in [0, 0.1) is 0 Å². The number of carbonyl (C=O) groups is 1. The SMILES string of the molecule is COc1ccc(OC[C@H]2c3cc(OC)c(OC)cc3CCN2C(=O)c2cc(OC)cc(OC)c2)cc1. The Morgan fingerprint density at radius 2 is 1.33 bits per heavy atom. The fraction of sp³-hybridized carbons (Fsp3) is 0.321. The molecule has 0 bridgehead atoms. The number of carbonyl (C=O) groups excluding carboxylic acids is 1. The van der Waals surface area contributed by atoms with E-state index in [1.54, 1.807) is 53.7 Å². The highest BCUT2D eigenvalue weighted by Gasteiger charge is 2.33. The minimum Gasteiger partial charge on any atom is -0.497 e. The predicted octanol–water partition coefficient (Wildman–Crippen LogP) is 4.55. The normalized spacial score (nSPS) is 14.5. The molecule has 0 aromatic heterocycles. The molecule has 0 aliphatic carbocycles. The first-order valence-corrected chi connectivity index (χ1v) is 11.6. The van der Waals surface area contributed by atoms with Crippen molar-refractivity contribution < 1.29 is 33.2 Å². The van der Waals surface area contributed by atoms with Crippen LogP contribution in [0.3, 0.4) is 0 Å². The molecular weight excluding hydrogens is 462 g/mol. The van der Waals surface area contributed by atoms with Crippen LogP contribution in [-0.4, -0.2) is 59.5 Å². The van der Waals surface area contributed by atoms with Gasteiger partial charge in [-0.2, -0.15) is 0 Å². The Bertz CT molecular complexity index is 1190. The molecule has 0 unspecified atom stereocenters. The van der Waals surface area contributed by atoms with Gasteiger partial charge in [0.15, 0.2) is 11.5 Å². The van der Waals surface area contributed by atoms with Crippen molar-refractivity contribution >= 4 is 5.91 Å². The van der Waals surface area contributed by atoms with E-state index in [1.165, 1.54) is 0 Å². The highest BCUT2D eigenvalue weighted by Crippen LogP contribution is 2.39. The topological polar surface area (TPSA) is 75.7 Å². The lowest BCUT2D eigenvalue weighted by Crippen LogP contribution is -2.42. The van der Waals surface area contributed by atoms with Gasteiger partial charge in [-0.15, -0.1) is 0 Å². The fourth-order valence-corrected chi connectivity index (χ4v) is 4.39. The van der Waals surface area contributed by atoms with Crippen molar-refractivity contribution in [3.8, 4) is 34.5 Å². The molecule has 4 rings (SSSR count). The lowest BCUT2D eigenvalue weighted by molar-refractivity contribution is 0.0588. The molecule has 190 valence electrons. The summed E-state index contributed by atoms with van der Waals surface area (Å²) in [5, 5.41) is 0. The average Bonchev–Trinajstić information content (AvgIpc) is 2.94. The van der Waals surface area contributed by atoms with Crippen LogP contribution in [0.5, 0.6) is 34.5 Å². The number of methoxy groups -OCH3 is 5. The summed E-state index contributed by atoms with van der Waals surface area (Å²) >= 11 is 0. The van der Waals surface area contributed by atoms with Crippen LogP contribution in [0.4, 0.5) is 0 Å². The third-order valence-corrected chi connectivity index (χ3v) is 6.33. The maximum absolute atomic E-state index is 13.8. The Kier molecular flexibility index (Phi) is 7.73. The second-order valence-electron chi connectivity index (χ2n) is 8.26. The molecule has 0 fully saturated rings. The van der Waals surface area contributed by atoms with Crippen molar-refractivity contribution in [1.29, 1.82) is 0 Å². The number of fused-ring (bicyclic) bond motifs is 1. The summed E-state index contributed by atoms with van der Waals surface area (Å²) in [7, 11) is 7.95. The smallest absolute Gasteiger partial charge is 0.254 e. The van der Waals surface area contributed by atoms with E-state index < -0.39 is 0 Å². The summed E-state index contributed by atoms with van der Waals surface area (Å²) in [6, 6.07) is 16.1. The number of nitrogens with zero attached hydrogens (tertiary/aromatic N) is 1. The number of benzene rings is 3. The zero-order chi connectivity index (χ0) is 25.7. The van der Waals surface area contributed by atoms with Gasteiger partial charge in [0.1, 0.15) is 29.6 Å². The van der Waals surface area contributed by atoms with Gasteiger partial charge in [0.2, 0.25) is 0 Å². The van der Waals surface area contributed by atoms with Crippen LogP contribution in [0.1, 0.15) is 27.5 Å². The predicted molar refractivity (Wildman–Crippen MR) is 135 cm³/mol.